The van der Waals surface area contributed by atoms with Crippen LogP contribution in [0.3, 0.4) is 0 Å². The molecule has 17 heavy (non-hydrogen) atoms. The fourth-order valence-corrected chi connectivity index (χ4v) is 2.89. The van der Waals surface area contributed by atoms with Crippen molar-refractivity contribution in [2.24, 2.45) is 5.41 Å². The zero-order valence-corrected chi connectivity index (χ0v) is 10.8. The van der Waals surface area contributed by atoms with Crippen LogP contribution in [0.1, 0.15) is 32.6 Å². The Morgan fingerprint density at radius 3 is 2.53 bits per heavy atom. The van der Waals surface area contributed by atoms with E-state index in [9.17, 15) is 10.1 Å². The van der Waals surface area contributed by atoms with E-state index in [4.69, 9.17) is 0 Å². The number of carbonyl (C=O) groups is 1. The summed E-state index contributed by atoms with van der Waals surface area (Å²) in [5.41, 5.74) is -0.699. The first-order valence-electron chi connectivity index (χ1n) is 6.50. The number of hydrogen-bond donors (Lipinski definition) is 0. The van der Waals surface area contributed by atoms with Gasteiger partial charge in [0.25, 0.3) is 0 Å². The smallest absolute Gasteiger partial charge is 0.243 e. The Hall–Kier alpha value is -1.08. The molecule has 2 aliphatic rings. The Morgan fingerprint density at radius 2 is 2.00 bits per heavy atom. The molecule has 4 nitrogen and oxygen atoms in total. The summed E-state index contributed by atoms with van der Waals surface area (Å²) in [6.07, 6.45) is 3.54. The summed E-state index contributed by atoms with van der Waals surface area (Å²) >= 11 is 0. The molecular weight excluding hydrogens is 214 g/mol. The van der Waals surface area contributed by atoms with Crippen LogP contribution in [0.2, 0.25) is 0 Å². The zero-order chi connectivity index (χ0) is 12.5. The molecule has 1 heterocycles. The van der Waals surface area contributed by atoms with Crippen molar-refractivity contribution in [3.63, 3.8) is 0 Å². The van der Waals surface area contributed by atoms with Gasteiger partial charge in [-0.3, -0.25) is 4.79 Å². The lowest BCUT2D eigenvalue weighted by molar-refractivity contribution is -0.141. The van der Waals surface area contributed by atoms with Gasteiger partial charge in [-0.25, -0.2) is 0 Å². The molecular formula is C13H21N3O. The number of likely N-dealkylation sites (N-methyl/N-ethyl adjacent to an activating group) is 1. The number of amides is 1. The van der Waals surface area contributed by atoms with E-state index in [1.54, 1.807) is 0 Å². The minimum atomic E-state index is -0.699. The fourth-order valence-electron chi connectivity index (χ4n) is 2.89. The monoisotopic (exact) mass is 235 g/mol. The highest BCUT2D eigenvalue weighted by Crippen LogP contribution is 2.39. The average molecular weight is 235 g/mol. The molecule has 0 radical (unpaired) electrons. The van der Waals surface area contributed by atoms with Gasteiger partial charge in [0.15, 0.2) is 0 Å². The zero-order valence-electron chi connectivity index (χ0n) is 10.8. The Bertz CT molecular complexity index is 341. The minimum Gasteiger partial charge on any atom is -0.338 e. The van der Waals surface area contributed by atoms with Gasteiger partial charge < -0.3 is 9.80 Å². The van der Waals surface area contributed by atoms with E-state index in [1.807, 2.05) is 4.90 Å². The highest BCUT2D eigenvalue weighted by molar-refractivity contribution is 5.86. The first-order chi connectivity index (χ1) is 8.09. The number of nitriles is 1. The molecule has 0 N–H and O–H groups in total. The standard InChI is InChI=1S/C13H21N3O/c1-11-9-16(8-7-15(11)2)12(17)13(10-14)5-3-4-6-13/h11H,3-9H2,1-2H3. The summed E-state index contributed by atoms with van der Waals surface area (Å²) < 4.78 is 0. The van der Waals surface area contributed by atoms with E-state index < -0.39 is 5.41 Å². The van der Waals surface area contributed by atoms with E-state index in [1.165, 1.54) is 0 Å². The van der Waals surface area contributed by atoms with Crippen LogP contribution in [-0.4, -0.2) is 48.4 Å². The largest absolute Gasteiger partial charge is 0.338 e. The normalized spacial score (nSPS) is 29.0. The topological polar surface area (TPSA) is 47.3 Å². The molecule has 94 valence electrons. The molecule has 1 saturated carbocycles. The molecule has 1 saturated heterocycles. The van der Waals surface area contributed by atoms with Crippen LogP contribution in [0.4, 0.5) is 0 Å². The average Bonchev–Trinajstić information content (AvgIpc) is 2.81. The highest BCUT2D eigenvalue weighted by Gasteiger charge is 2.44. The van der Waals surface area contributed by atoms with Crippen molar-refractivity contribution >= 4 is 5.91 Å². The van der Waals surface area contributed by atoms with Crippen molar-refractivity contribution in [3.8, 4) is 6.07 Å². The fraction of sp³-hybridized carbons (Fsp3) is 0.846. The van der Waals surface area contributed by atoms with Crippen molar-refractivity contribution < 1.29 is 4.79 Å². The summed E-state index contributed by atoms with van der Waals surface area (Å²) in [4.78, 5) is 16.7. The van der Waals surface area contributed by atoms with E-state index in [2.05, 4.69) is 24.9 Å². The second kappa shape index (κ2) is 4.66. The van der Waals surface area contributed by atoms with Crippen LogP contribution in [0.15, 0.2) is 0 Å². The van der Waals surface area contributed by atoms with Crippen LogP contribution < -0.4 is 0 Å². The van der Waals surface area contributed by atoms with Gasteiger partial charge in [-0.2, -0.15) is 5.26 Å². The van der Waals surface area contributed by atoms with Gasteiger partial charge in [-0.05, 0) is 26.8 Å². The van der Waals surface area contributed by atoms with Gasteiger partial charge in [0.1, 0.15) is 5.41 Å². The number of carbonyl (C=O) groups excluding carboxylic acids is 1. The Kier molecular flexibility index (Phi) is 3.39. The SMILES string of the molecule is CC1CN(C(=O)C2(C#N)CCCC2)CCN1C. The van der Waals surface area contributed by atoms with E-state index in [-0.39, 0.29) is 5.91 Å². The lowest BCUT2D eigenvalue weighted by Crippen LogP contribution is -2.55. The molecule has 0 spiro atoms. The molecule has 1 atom stereocenters. The molecule has 4 heteroatoms. The third-order valence-corrected chi connectivity index (χ3v) is 4.33. The lowest BCUT2D eigenvalue weighted by Gasteiger charge is -2.40. The first kappa shape index (κ1) is 12.4. The van der Waals surface area contributed by atoms with Gasteiger partial charge in [-0.1, -0.05) is 12.8 Å². The van der Waals surface area contributed by atoms with Gasteiger partial charge in [0.05, 0.1) is 6.07 Å². The molecule has 2 fully saturated rings. The Balaban J connectivity index is 2.07. The number of piperazine rings is 1. The molecule has 0 aromatic carbocycles. The molecule has 0 aromatic rings. The maximum atomic E-state index is 12.5. The van der Waals surface area contributed by atoms with Gasteiger partial charge in [-0.15, -0.1) is 0 Å². The minimum absolute atomic E-state index is 0.0810. The van der Waals surface area contributed by atoms with Crippen LogP contribution >= 0.6 is 0 Å². The second-order valence-corrected chi connectivity index (χ2v) is 5.48. The second-order valence-electron chi connectivity index (χ2n) is 5.48. The maximum Gasteiger partial charge on any atom is 0.243 e. The molecule has 2 rings (SSSR count). The van der Waals surface area contributed by atoms with Crippen LogP contribution in [0.5, 0.6) is 0 Å². The maximum absolute atomic E-state index is 12.5. The molecule has 1 aliphatic heterocycles. The predicted octanol–water partition coefficient (Wildman–Crippen LogP) is 1.23. The van der Waals surface area contributed by atoms with Crippen molar-refractivity contribution in [2.75, 3.05) is 26.7 Å². The van der Waals surface area contributed by atoms with Crippen LogP contribution in [0, 0.1) is 16.7 Å². The molecule has 1 unspecified atom stereocenters. The molecule has 0 bridgehead atoms. The van der Waals surface area contributed by atoms with Crippen molar-refractivity contribution in [3.05, 3.63) is 0 Å². The summed E-state index contributed by atoms with van der Waals surface area (Å²) in [6.45, 7) is 4.57. The molecule has 1 aliphatic carbocycles. The first-order valence-corrected chi connectivity index (χ1v) is 6.50. The van der Waals surface area contributed by atoms with Crippen molar-refractivity contribution in [1.82, 2.24) is 9.80 Å². The summed E-state index contributed by atoms with van der Waals surface area (Å²) in [6, 6.07) is 2.69. The third-order valence-electron chi connectivity index (χ3n) is 4.33. The Morgan fingerprint density at radius 1 is 1.35 bits per heavy atom. The molecule has 1 amide bonds. The quantitative estimate of drug-likeness (QED) is 0.687. The summed E-state index contributed by atoms with van der Waals surface area (Å²) in [5, 5.41) is 9.33. The van der Waals surface area contributed by atoms with E-state index in [0.29, 0.717) is 6.04 Å². The number of rotatable bonds is 1. The van der Waals surface area contributed by atoms with E-state index >= 15 is 0 Å². The van der Waals surface area contributed by atoms with Gasteiger partial charge in [0.2, 0.25) is 5.91 Å². The van der Waals surface area contributed by atoms with E-state index in [0.717, 1.165) is 45.3 Å². The Labute approximate surface area is 103 Å². The van der Waals surface area contributed by atoms with Crippen LogP contribution in [-0.2, 0) is 4.79 Å². The number of nitrogens with zero attached hydrogens (tertiary/aromatic N) is 3. The van der Waals surface area contributed by atoms with Crippen molar-refractivity contribution in [2.45, 2.75) is 38.6 Å². The predicted molar refractivity (Wildman–Crippen MR) is 65.2 cm³/mol. The number of hydrogen-bond acceptors (Lipinski definition) is 3. The summed E-state index contributed by atoms with van der Waals surface area (Å²) in [5.74, 6) is 0.0810. The third kappa shape index (κ3) is 2.16. The van der Waals surface area contributed by atoms with Crippen LogP contribution in [0.25, 0.3) is 0 Å². The van der Waals surface area contributed by atoms with Gasteiger partial charge in [0, 0.05) is 25.7 Å². The highest BCUT2D eigenvalue weighted by atomic mass is 16.2. The molecule has 0 aromatic heterocycles. The van der Waals surface area contributed by atoms with Crippen molar-refractivity contribution in [1.29, 1.82) is 5.26 Å². The summed E-state index contributed by atoms with van der Waals surface area (Å²) in [7, 11) is 2.09. The lowest BCUT2D eigenvalue weighted by atomic mass is 9.86. The van der Waals surface area contributed by atoms with Gasteiger partial charge >= 0.3 is 0 Å².